The molecule has 6 rings (SSSR count). The van der Waals surface area contributed by atoms with E-state index in [1.807, 2.05) is 6.07 Å². The molecular weight excluding hydrogens is 312 g/mol. The molecule has 23 heavy (non-hydrogen) atoms. The Labute approximate surface area is 140 Å². The lowest BCUT2D eigenvalue weighted by Crippen LogP contribution is -2.48. The summed E-state index contributed by atoms with van der Waals surface area (Å²) in [5.74, 6) is 3.84. The number of rotatable bonds is 3. The van der Waals surface area contributed by atoms with E-state index in [4.69, 9.17) is 26.6 Å². The van der Waals surface area contributed by atoms with Crippen molar-refractivity contribution in [3.8, 4) is 5.75 Å². The van der Waals surface area contributed by atoms with Crippen LogP contribution in [0, 0.1) is 23.2 Å². The van der Waals surface area contributed by atoms with Crippen LogP contribution in [0.4, 0.5) is 5.82 Å². The molecule has 0 aliphatic heterocycles. The van der Waals surface area contributed by atoms with Crippen LogP contribution in [0.15, 0.2) is 16.7 Å². The summed E-state index contributed by atoms with van der Waals surface area (Å²) in [6, 6.07) is 3.61. The second kappa shape index (κ2) is 4.79. The molecule has 0 atom stereocenters. The van der Waals surface area contributed by atoms with Crippen LogP contribution in [0.2, 0.25) is 5.02 Å². The number of aromatic nitrogens is 1. The molecule has 1 aromatic heterocycles. The van der Waals surface area contributed by atoms with Gasteiger partial charge in [0.2, 0.25) is 0 Å². The third-order valence-corrected chi connectivity index (χ3v) is 6.55. The standard InChI is InChI=1S/C18H21ClN2O2/c19-14-4-13-15(23-21-17(13)20)5-16(14)22-9-18-6-10-1-11(7-18)3-12(2-10)8-18/h4-5,10-12H,1-3,6-9H2,(H2,20,21). The van der Waals surface area contributed by atoms with E-state index >= 15 is 0 Å². The molecule has 4 nitrogen and oxygen atoms in total. The molecule has 4 bridgehead atoms. The van der Waals surface area contributed by atoms with E-state index < -0.39 is 0 Å². The Morgan fingerprint density at radius 1 is 1.17 bits per heavy atom. The zero-order valence-electron chi connectivity index (χ0n) is 13.1. The molecule has 1 aromatic carbocycles. The second-order valence-electron chi connectivity index (χ2n) is 8.05. The number of nitrogens with two attached hydrogens (primary N) is 1. The summed E-state index contributed by atoms with van der Waals surface area (Å²) in [6.45, 7) is 0.769. The fourth-order valence-corrected chi connectivity index (χ4v) is 5.98. The minimum absolute atomic E-state index is 0.369. The minimum Gasteiger partial charge on any atom is -0.491 e. The normalized spacial score (nSPS) is 35.1. The van der Waals surface area contributed by atoms with Gasteiger partial charge in [-0.1, -0.05) is 16.8 Å². The molecule has 1 heterocycles. The average molecular weight is 333 g/mol. The first-order valence-electron chi connectivity index (χ1n) is 8.57. The maximum Gasteiger partial charge on any atom is 0.174 e. The molecule has 0 spiro atoms. The van der Waals surface area contributed by atoms with Crippen molar-refractivity contribution in [1.82, 2.24) is 5.16 Å². The number of hydrogen-bond donors (Lipinski definition) is 1. The van der Waals surface area contributed by atoms with Gasteiger partial charge in [0.1, 0.15) is 5.75 Å². The Balaban J connectivity index is 1.39. The highest BCUT2D eigenvalue weighted by molar-refractivity contribution is 6.33. The quantitative estimate of drug-likeness (QED) is 0.888. The van der Waals surface area contributed by atoms with Gasteiger partial charge in [0, 0.05) is 11.5 Å². The van der Waals surface area contributed by atoms with Crippen molar-refractivity contribution < 1.29 is 9.26 Å². The molecule has 122 valence electrons. The van der Waals surface area contributed by atoms with E-state index in [0.717, 1.165) is 29.7 Å². The minimum atomic E-state index is 0.369. The van der Waals surface area contributed by atoms with Crippen molar-refractivity contribution in [2.75, 3.05) is 12.3 Å². The number of fused-ring (bicyclic) bond motifs is 1. The average Bonchev–Trinajstić information content (AvgIpc) is 2.84. The number of nitrogens with zero attached hydrogens (tertiary/aromatic N) is 1. The molecule has 0 saturated heterocycles. The Hall–Kier alpha value is -1.42. The third kappa shape index (κ3) is 2.22. The smallest absolute Gasteiger partial charge is 0.174 e. The van der Waals surface area contributed by atoms with Gasteiger partial charge in [-0.3, -0.25) is 0 Å². The van der Waals surface area contributed by atoms with Gasteiger partial charge in [0.25, 0.3) is 0 Å². The zero-order chi connectivity index (χ0) is 15.6. The highest BCUT2D eigenvalue weighted by Gasteiger charge is 2.51. The molecule has 5 heteroatoms. The Kier molecular flexibility index (Phi) is 2.91. The van der Waals surface area contributed by atoms with Crippen LogP contribution in [0.3, 0.4) is 0 Å². The van der Waals surface area contributed by atoms with Gasteiger partial charge in [-0.05, 0) is 62.3 Å². The molecule has 0 radical (unpaired) electrons. The van der Waals surface area contributed by atoms with E-state index in [9.17, 15) is 0 Å². The number of anilines is 1. The fraction of sp³-hybridized carbons (Fsp3) is 0.611. The molecule has 2 N–H and O–H groups in total. The number of nitrogen functional groups attached to an aromatic ring is 1. The number of halogens is 1. The van der Waals surface area contributed by atoms with Gasteiger partial charge in [0.15, 0.2) is 11.4 Å². The summed E-state index contributed by atoms with van der Waals surface area (Å²) in [4.78, 5) is 0. The largest absolute Gasteiger partial charge is 0.491 e. The van der Waals surface area contributed by atoms with E-state index in [-0.39, 0.29) is 0 Å². The Morgan fingerprint density at radius 3 is 2.48 bits per heavy atom. The number of benzene rings is 1. The van der Waals surface area contributed by atoms with Gasteiger partial charge >= 0.3 is 0 Å². The van der Waals surface area contributed by atoms with Gasteiger partial charge in [-0.15, -0.1) is 0 Å². The molecule has 4 aliphatic rings. The van der Waals surface area contributed by atoms with Crippen molar-refractivity contribution >= 4 is 28.4 Å². The molecule has 0 amide bonds. The van der Waals surface area contributed by atoms with Crippen molar-refractivity contribution in [3.63, 3.8) is 0 Å². The van der Waals surface area contributed by atoms with Crippen molar-refractivity contribution in [2.24, 2.45) is 23.2 Å². The topological polar surface area (TPSA) is 61.3 Å². The summed E-state index contributed by atoms with van der Waals surface area (Å²) in [5, 5.41) is 5.11. The van der Waals surface area contributed by atoms with Crippen LogP contribution in [-0.2, 0) is 0 Å². The van der Waals surface area contributed by atoms with Crippen LogP contribution in [-0.4, -0.2) is 11.8 Å². The highest BCUT2D eigenvalue weighted by Crippen LogP contribution is 2.60. The van der Waals surface area contributed by atoms with Gasteiger partial charge in [-0.2, -0.15) is 0 Å². The maximum absolute atomic E-state index is 6.37. The molecule has 4 aliphatic carbocycles. The summed E-state index contributed by atoms with van der Waals surface area (Å²) in [7, 11) is 0. The van der Waals surface area contributed by atoms with Gasteiger partial charge < -0.3 is 15.0 Å². The van der Waals surface area contributed by atoms with Crippen LogP contribution in [0.1, 0.15) is 38.5 Å². The van der Waals surface area contributed by atoms with Gasteiger partial charge in [0.05, 0.1) is 17.0 Å². The highest BCUT2D eigenvalue weighted by atomic mass is 35.5. The summed E-state index contributed by atoms with van der Waals surface area (Å²) in [5.41, 5.74) is 6.77. The lowest BCUT2D eigenvalue weighted by atomic mass is 9.50. The lowest BCUT2D eigenvalue weighted by Gasteiger charge is -2.56. The van der Waals surface area contributed by atoms with E-state index in [0.29, 0.717) is 27.6 Å². The van der Waals surface area contributed by atoms with E-state index in [2.05, 4.69) is 5.16 Å². The van der Waals surface area contributed by atoms with Crippen LogP contribution >= 0.6 is 11.6 Å². The van der Waals surface area contributed by atoms with Crippen LogP contribution in [0.5, 0.6) is 5.75 Å². The zero-order valence-corrected chi connectivity index (χ0v) is 13.8. The first-order valence-corrected chi connectivity index (χ1v) is 8.95. The monoisotopic (exact) mass is 332 g/mol. The van der Waals surface area contributed by atoms with Gasteiger partial charge in [-0.25, -0.2) is 0 Å². The number of ether oxygens (including phenoxy) is 1. The Morgan fingerprint density at radius 2 is 1.83 bits per heavy atom. The molecule has 4 saturated carbocycles. The van der Waals surface area contributed by atoms with Crippen LogP contribution < -0.4 is 10.5 Å². The number of hydrogen-bond acceptors (Lipinski definition) is 4. The molecule has 2 aromatic rings. The summed E-state index contributed by atoms with van der Waals surface area (Å²) in [6.07, 6.45) is 8.33. The van der Waals surface area contributed by atoms with E-state index in [1.54, 1.807) is 6.07 Å². The molecular formula is C18H21ClN2O2. The molecule has 0 unspecified atom stereocenters. The van der Waals surface area contributed by atoms with Crippen molar-refractivity contribution in [2.45, 2.75) is 38.5 Å². The maximum atomic E-state index is 6.37. The third-order valence-electron chi connectivity index (χ3n) is 6.25. The predicted octanol–water partition coefficient (Wildman–Crippen LogP) is 4.66. The summed E-state index contributed by atoms with van der Waals surface area (Å²) >= 11 is 6.37. The lowest BCUT2D eigenvalue weighted by molar-refractivity contribution is -0.0745. The summed E-state index contributed by atoms with van der Waals surface area (Å²) < 4.78 is 11.4. The van der Waals surface area contributed by atoms with Crippen molar-refractivity contribution in [3.05, 3.63) is 17.2 Å². The van der Waals surface area contributed by atoms with Crippen molar-refractivity contribution in [1.29, 1.82) is 0 Å². The SMILES string of the molecule is Nc1noc2cc(OCC34CC5CC(CC(C5)C3)C4)c(Cl)cc12. The fourth-order valence-electron chi connectivity index (χ4n) is 5.77. The molecule has 4 fully saturated rings. The first kappa shape index (κ1) is 14.0. The first-order chi connectivity index (χ1) is 11.1. The second-order valence-corrected chi connectivity index (χ2v) is 8.46. The van der Waals surface area contributed by atoms with Crippen LogP contribution in [0.25, 0.3) is 11.0 Å². The Bertz CT molecular complexity index is 734. The predicted molar refractivity (Wildman–Crippen MR) is 89.5 cm³/mol. The van der Waals surface area contributed by atoms with E-state index in [1.165, 1.54) is 38.5 Å².